The van der Waals surface area contributed by atoms with Crippen LogP contribution in [0.3, 0.4) is 0 Å². The summed E-state index contributed by atoms with van der Waals surface area (Å²) in [5, 5.41) is 0. The van der Waals surface area contributed by atoms with E-state index >= 15 is 0 Å². The number of halogens is 3. The number of alkyl halides is 3. The van der Waals surface area contributed by atoms with Crippen molar-refractivity contribution < 1.29 is 22.7 Å². The second-order valence-electron chi connectivity index (χ2n) is 3.52. The summed E-state index contributed by atoms with van der Waals surface area (Å²) in [4.78, 5) is 11.8. The maximum atomic E-state index is 12.2. The van der Waals surface area contributed by atoms with Gasteiger partial charge in [0.2, 0.25) is 0 Å². The quantitative estimate of drug-likeness (QED) is 0.583. The molecule has 1 rings (SSSR count). The Morgan fingerprint density at radius 3 is 2.61 bits per heavy atom. The van der Waals surface area contributed by atoms with Crippen molar-refractivity contribution in [3.63, 3.8) is 0 Å². The molecule has 1 aromatic carbocycles. The van der Waals surface area contributed by atoms with E-state index in [-0.39, 0.29) is 17.1 Å². The van der Waals surface area contributed by atoms with Crippen LogP contribution in [0.25, 0.3) is 0 Å². The van der Waals surface area contributed by atoms with E-state index in [1.54, 1.807) is 0 Å². The molecule has 6 heteroatoms. The fraction of sp³-hybridized carbons (Fsp3) is 0.417. The molecule has 0 bridgehead atoms. The van der Waals surface area contributed by atoms with Gasteiger partial charge in [0, 0.05) is 0 Å². The van der Waals surface area contributed by atoms with E-state index in [2.05, 4.69) is 4.74 Å². The maximum Gasteiger partial charge on any atom is 0.573 e. The van der Waals surface area contributed by atoms with Gasteiger partial charge in [-0.3, -0.25) is 4.79 Å². The standard InChI is InChI=1S/C12H13F3O2S/c1-2-7-18-8-10(16)9-5-3-4-6-11(9)17-12(13,14)15/h3-6H,2,7-8H2,1H3. The number of para-hydroxylation sites is 1. The summed E-state index contributed by atoms with van der Waals surface area (Å²) in [6.45, 7) is 1.97. The molecule has 1 aromatic rings. The van der Waals surface area contributed by atoms with Gasteiger partial charge in [-0.15, -0.1) is 13.2 Å². The SMILES string of the molecule is CCCSCC(=O)c1ccccc1OC(F)(F)F. The Morgan fingerprint density at radius 2 is 2.00 bits per heavy atom. The predicted octanol–water partition coefficient (Wildman–Crippen LogP) is 3.91. The van der Waals surface area contributed by atoms with Crippen molar-refractivity contribution in [3.8, 4) is 5.75 Å². The minimum absolute atomic E-state index is 0.0292. The number of carbonyl (C=O) groups is 1. The topological polar surface area (TPSA) is 26.3 Å². The number of rotatable bonds is 6. The fourth-order valence-electron chi connectivity index (χ4n) is 1.30. The molecule has 0 heterocycles. The van der Waals surface area contributed by atoms with Crippen LogP contribution in [0, 0.1) is 0 Å². The molecular formula is C12H13F3O2S. The van der Waals surface area contributed by atoms with Crippen molar-refractivity contribution in [3.05, 3.63) is 29.8 Å². The summed E-state index contributed by atoms with van der Waals surface area (Å²) in [5.41, 5.74) is -0.0292. The molecule has 18 heavy (non-hydrogen) atoms. The average molecular weight is 278 g/mol. The van der Waals surface area contributed by atoms with Gasteiger partial charge in [-0.05, 0) is 24.3 Å². The highest BCUT2D eigenvalue weighted by Crippen LogP contribution is 2.27. The van der Waals surface area contributed by atoms with E-state index in [9.17, 15) is 18.0 Å². The molecule has 0 aliphatic heterocycles. The molecule has 0 aliphatic rings. The first-order valence-corrected chi connectivity index (χ1v) is 6.55. The lowest BCUT2D eigenvalue weighted by atomic mass is 10.1. The van der Waals surface area contributed by atoms with Crippen LogP contribution in [0.4, 0.5) is 13.2 Å². The van der Waals surface area contributed by atoms with Crippen molar-refractivity contribution in [1.82, 2.24) is 0 Å². The zero-order valence-corrected chi connectivity index (χ0v) is 10.6. The Labute approximate surface area is 108 Å². The molecule has 0 unspecified atom stereocenters. The van der Waals surface area contributed by atoms with Gasteiger partial charge in [0.05, 0.1) is 11.3 Å². The number of hydrogen-bond donors (Lipinski definition) is 0. The number of benzene rings is 1. The summed E-state index contributed by atoms with van der Waals surface area (Å²) in [5.74, 6) is 0.167. The smallest absolute Gasteiger partial charge is 0.405 e. The van der Waals surface area contributed by atoms with Gasteiger partial charge in [-0.1, -0.05) is 19.1 Å². The molecule has 2 nitrogen and oxygen atoms in total. The van der Waals surface area contributed by atoms with Crippen molar-refractivity contribution in [1.29, 1.82) is 0 Å². The molecule has 0 aliphatic carbocycles. The maximum absolute atomic E-state index is 12.2. The predicted molar refractivity (Wildman–Crippen MR) is 65.1 cm³/mol. The Hall–Kier alpha value is -1.17. The second kappa shape index (κ2) is 6.68. The van der Waals surface area contributed by atoms with Crippen LogP contribution in [0.2, 0.25) is 0 Å². The highest BCUT2D eigenvalue weighted by atomic mass is 32.2. The van der Waals surface area contributed by atoms with Crippen molar-refractivity contribution in [2.45, 2.75) is 19.7 Å². The summed E-state index contributed by atoms with van der Waals surface area (Å²) in [6.07, 6.45) is -3.87. The third-order valence-corrected chi connectivity index (χ3v) is 3.16. The molecule has 0 amide bonds. The van der Waals surface area contributed by atoms with E-state index < -0.39 is 12.1 Å². The Morgan fingerprint density at radius 1 is 1.33 bits per heavy atom. The number of thioether (sulfide) groups is 1. The lowest BCUT2D eigenvalue weighted by Gasteiger charge is -2.12. The monoisotopic (exact) mass is 278 g/mol. The number of ether oxygens (including phenoxy) is 1. The molecule has 0 fully saturated rings. The number of Topliss-reactive ketones (excluding diaryl/α,β-unsaturated/α-hetero) is 1. The van der Waals surface area contributed by atoms with Gasteiger partial charge in [0.1, 0.15) is 5.75 Å². The van der Waals surface area contributed by atoms with Gasteiger partial charge in [0.15, 0.2) is 5.78 Å². The van der Waals surface area contributed by atoms with Gasteiger partial charge in [-0.25, -0.2) is 0 Å². The van der Waals surface area contributed by atoms with Crippen LogP contribution in [-0.4, -0.2) is 23.7 Å². The van der Waals surface area contributed by atoms with Crippen LogP contribution in [0.5, 0.6) is 5.75 Å². The average Bonchev–Trinajstić information content (AvgIpc) is 2.27. The molecule has 0 aromatic heterocycles. The lowest BCUT2D eigenvalue weighted by molar-refractivity contribution is -0.274. The van der Waals surface area contributed by atoms with E-state index in [0.29, 0.717) is 0 Å². The molecule has 100 valence electrons. The Kier molecular flexibility index (Phi) is 5.53. The van der Waals surface area contributed by atoms with Crippen LogP contribution >= 0.6 is 11.8 Å². The summed E-state index contributed by atoms with van der Waals surface area (Å²) in [7, 11) is 0. The molecule has 0 radical (unpaired) electrons. The van der Waals surface area contributed by atoms with Gasteiger partial charge >= 0.3 is 6.36 Å². The van der Waals surface area contributed by atoms with Crippen molar-refractivity contribution >= 4 is 17.5 Å². The van der Waals surface area contributed by atoms with E-state index in [1.807, 2.05) is 6.92 Å². The lowest BCUT2D eigenvalue weighted by Crippen LogP contribution is -2.19. The first-order chi connectivity index (χ1) is 8.44. The minimum Gasteiger partial charge on any atom is -0.405 e. The van der Waals surface area contributed by atoms with Gasteiger partial charge in [-0.2, -0.15) is 11.8 Å². The van der Waals surface area contributed by atoms with Crippen LogP contribution in [0.15, 0.2) is 24.3 Å². The molecule has 0 atom stereocenters. The van der Waals surface area contributed by atoms with Crippen molar-refractivity contribution in [2.75, 3.05) is 11.5 Å². The molecular weight excluding hydrogens is 265 g/mol. The van der Waals surface area contributed by atoms with E-state index in [4.69, 9.17) is 0 Å². The van der Waals surface area contributed by atoms with Gasteiger partial charge in [0.25, 0.3) is 0 Å². The number of hydrogen-bond acceptors (Lipinski definition) is 3. The summed E-state index contributed by atoms with van der Waals surface area (Å²) in [6, 6.07) is 5.40. The summed E-state index contributed by atoms with van der Waals surface area (Å²) < 4.78 is 40.3. The molecule has 0 spiro atoms. The molecule has 0 saturated carbocycles. The largest absolute Gasteiger partial charge is 0.573 e. The zero-order valence-electron chi connectivity index (χ0n) is 9.79. The van der Waals surface area contributed by atoms with Crippen molar-refractivity contribution in [2.24, 2.45) is 0 Å². The summed E-state index contributed by atoms with van der Waals surface area (Å²) >= 11 is 1.40. The highest BCUT2D eigenvalue weighted by molar-refractivity contribution is 7.99. The van der Waals surface area contributed by atoms with E-state index in [1.165, 1.54) is 30.0 Å². The molecule has 0 N–H and O–H groups in total. The zero-order chi connectivity index (χ0) is 13.6. The first-order valence-electron chi connectivity index (χ1n) is 5.39. The number of carbonyl (C=O) groups excluding carboxylic acids is 1. The fourth-order valence-corrected chi connectivity index (χ4v) is 2.07. The second-order valence-corrected chi connectivity index (χ2v) is 4.62. The highest BCUT2D eigenvalue weighted by Gasteiger charge is 2.32. The minimum atomic E-state index is -4.78. The van der Waals surface area contributed by atoms with Gasteiger partial charge < -0.3 is 4.74 Å². The third kappa shape index (κ3) is 5.00. The number of ketones is 1. The first kappa shape index (κ1) is 14.9. The van der Waals surface area contributed by atoms with Crippen LogP contribution in [-0.2, 0) is 0 Å². The normalized spacial score (nSPS) is 11.3. The Balaban J connectivity index is 2.78. The molecule has 0 saturated heterocycles. The van der Waals surface area contributed by atoms with E-state index in [0.717, 1.165) is 18.2 Å². The third-order valence-electron chi connectivity index (χ3n) is 1.99. The van der Waals surface area contributed by atoms with Crippen LogP contribution in [0.1, 0.15) is 23.7 Å². The van der Waals surface area contributed by atoms with Crippen LogP contribution < -0.4 is 4.74 Å². The Bertz CT molecular complexity index is 405.